The van der Waals surface area contributed by atoms with Gasteiger partial charge >= 0.3 is 6.09 Å². The molecule has 2 N–H and O–H groups in total. The summed E-state index contributed by atoms with van der Waals surface area (Å²) in [5, 5.41) is 21.3. The fraction of sp³-hybridized carbons (Fsp3) is 0.192. The number of methoxy groups -OCH3 is 1. The van der Waals surface area contributed by atoms with Crippen molar-refractivity contribution in [1.82, 2.24) is 39.7 Å². The quantitative estimate of drug-likeness (QED) is 0.275. The Kier molecular flexibility index (Phi) is 7.66. The number of benzene rings is 1. The van der Waals surface area contributed by atoms with Crippen molar-refractivity contribution in [2.45, 2.75) is 13.5 Å². The van der Waals surface area contributed by atoms with E-state index in [1.807, 2.05) is 13.0 Å². The Morgan fingerprint density at radius 3 is 2.65 bits per heavy atom. The number of aromatic amines is 1. The molecule has 5 rings (SSSR count). The first-order valence-corrected chi connectivity index (χ1v) is 12.5. The number of carboxylic acid groups (broad SMARTS) is 1. The molecule has 4 heterocycles. The van der Waals surface area contributed by atoms with Crippen LogP contribution in [0, 0.1) is 6.92 Å². The van der Waals surface area contributed by atoms with Crippen LogP contribution in [0.1, 0.15) is 11.5 Å². The molecule has 0 saturated heterocycles. The van der Waals surface area contributed by atoms with Gasteiger partial charge in [-0.05, 0) is 59.3 Å². The van der Waals surface area contributed by atoms with Crippen molar-refractivity contribution < 1.29 is 14.6 Å². The van der Waals surface area contributed by atoms with Crippen molar-refractivity contribution in [2.75, 3.05) is 25.2 Å². The summed E-state index contributed by atoms with van der Waals surface area (Å²) in [4.78, 5) is 37.8. The topological polar surface area (TPSA) is 157 Å². The van der Waals surface area contributed by atoms with Crippen molar-refractivity contribution >= 4 is 23.5 Å². The normalized spacial score (nSPS) is 11.1. The number of nitrogens with one attached hydrogen (secondary N) is 1. The highest BCUT2D eigenvalue weighted by molar-refractivity contribution is 6.31. The first-order valence-electron chi connectivity index (χ1n) is 12.1. The van der Waals surface area contributed by atoms with Crippen LogP contribution in [-0.2, 0) is 11.3 Å². The summed E-state index contributed by atoms with van der Waals surface area (Å²) in [7, 11) is 1.50. The van der Waals surface area contributed by atoms with Crippen LogP contribution in [0.4, 0.5) is 10.6 Å². The lowest BCUT2D eigenvalue weighted by atomic mass is 10.0. The van der Waals surface area contributed by atoms with Crippen LogP contribution >= 0.6 is 11.6 Å². The molecule has 4 aromatic heterocycles. The molecule has 0 aliphatic carbocycles. The maximum Gasteiger partial charge on any atom is 0.413 e. The fourth-order valence-corrected chi connectivity index (χ4v) is 4.41. The number of ether oxygens (including phenoxy) is 1. The molecule has 0 aliphatic heterocycles. The number of hydrogen-bond donors (Lipinski definition) is 2. The smallest absolute Gasteiger partial charge is 0.413 e. The average molecular weight is 562 g/mol. The molecule has 0 radical (unpaired) electrons. The molecular formula is C26H24ClN9O4. The molecule has 0 atom stereocenters. The van der Waals surface area contributed by atoms with Gasteiger partial charge in [0.15, 0.2) is 0 Å². The number of imidazole rings is 1. The standard InChI is InChI=1S/C26H24ClN9O4/c1-16-9-18(20-11-19(27)4-5-22(20)36-15-30-32-33-36)10-25(37)35(16)14-23-28-13-21(31-23)17-3-6-24(29-12-17)34(26(38)39)7-8-40-2/h3-6,9-13,15H,7-8,14H2,1-2H3,(H,28,31)(H,38,39). The van der Waals surface area contributed by atoms with Crippen LogP contribution in [0.5, 0.6) is 0 Å². The van der Waals surface area contributed by atoms with Gasteiger partial charge in [0.2, 0.25) is 0 Å². The number of amides is 1. The van der Waals surface area contributed by atoms with Gasteiger partial charge in [-0.25, -0.2) is 14.8 Å². The van der Waals surface area contributed by atoms with Crippen LogP contribution in [0.15, 0.2) is 66.0 Å². The summed E-state index contributed by atoms with van der Waals surface area (Å²) in [6.45, 7) is 2.47. The molecule has 1 amide bonds. The van der Waals surface area contributed by atoms with E-state index in [-0.39, 0.29) is 25.3 Å². The molecule has 1 aromatic carbocycles. The van der Waals surface area contributed by atoms with Crippen molar-refractivity contribution in [2.24, 2.45) is 0 Å². The third-order valence-electron chi connectivity index (χ3n) is 6.22. The third kappa shape index (κ3) is 5.60. The largest absolute Gasteiger partial charge is 0.465 e. The molecule has 13 nitrogen and oxygen atoms in total. The zero-order chi connectivity index (χ0) is 28.2. The number of nitrogens with zero attached hydrogens (tertiary/aromatic N) is 8. The number of tetrazole rings is 1. The molecule has 5 aromatic rings. The molecule has 0 unspecified atom stereocenters. The van der Waals surface area contributed by atoms with Crippen LogP contribution in [0.25, 0.3) is 28.1 Å². The molecule has 0 fully saturated rings. The lowest BCUT2D eigenvalue weighted by molar-refractivity contribution is 0.186. The number of aryl methyl sites for hydroxylation is 1. The monoisotopic (exact) mass is 561 g/mol. The number of aromatic nitrogens is 8. The minimum atomic E-state index is -1.12. The van der Waals surface area contributed by atoms with Gasteiger partial charge in [-0.1, -0.05) is 11.6 Å². The third-order valence-corrected chi connectivity index (χ3v) is 6.46. The van der Waals surface area contributed by atoms with E-state index < -0.39 is 6.09 Å². The van der Waals surface area contributed by atoms with Gasteiger partial charge < -0.3 is 19.4 Å². The highest BCUT2D eigenvalue weighted by Gasteiger charge is 2.16. The van der Waals surface area contributed by atoms with Gasteiger partial charge in [-0.15, -0.1) is 5.10 Å². The molecular weight excluding hydrogens is 538 g/mol. The van der Waals surface area contributed by atoms with Gasteiger partial charge in [0.1, 0.15) is 18.0 Å². The minimum absolute atomic E-state index is 0.162. The van der Waals surface area contributed by atoms with Crippen LogP contribution in [-0.4, -0.2) is 71.2 Å². The van der Waals surface area contributed by atoms with Crippen LogP contribution < -0.4 is 10.5 Å². The lowest BCUT2D eigenvalue weighted by Gasteiger charge is -2.17. The van der Waals surface area contributed by atoms with Gasteiger partial charge in [0, 0.05) is 41.2 Å². The van der Waals surface area contributed by atoms with E-state index in [0.717, 1.165) is 16.2 Å². The fourth-order valence-electron chi connectivity index (χ4n) is 4.23. The van der Waals surface area contributed by atoms with Crippen LogP contribution in [0.2, 0.25) is 5.02 Å². The summed E-state index contributed by atoms with van der Waals surface area (Å²) in [6.07, 6.45) is 3.57. The van der Waals surface area contributed by atoms with Gasteiger partial charge in [-0.3, -0.25) is 9.69 Å². The van der Waals surface area contributed by atoms with E-state index in [9.17, 15) is 14.7 Å². The Morgan fingerprint density at radius 1 is 1.12 bits per heavy atom. The average Bonchev–Trinajstić information content (AvgIpc) is 3.64. The van der Waals surface area contributed by atoms with E-state index in [2.05, 4.69) is 30.5 Å². The molecule has 0 aliphatic rings. The Morgan fingerprint density at radius 2 is 1.98 bits per heavy atom. The summed E-state index contributed by atoms with van der Waals surface area (Å²) in [6, 6.07) is 12.1. The number of hydrogen-bond acceptors (Lipinski definition) is 8. The first-order chi connectivity index (χ1) is 19.3. The summed E-state index contributed by atoms with van der Waals surface area (Å²) in [5.41, 5.74) is 3.98. The number of pyridine rings is 2. The SMILES string of the molecule is COCCN(C(=O)O)c1ccc(-c2cnc(Cn3c(C)cc(-c4cc(Cl)ccc4-n4cnnn4)cc3=O)[nH]2)cn1. The maximum absolute atomic E-state index is 13.2. The molecule has 0 spiro atoms. The minimum Gasteiger partial charge on any atom is -0.465 e. The van der Waals surface area contributed by atoms with Crippen molar-refractivity contribution in [1.29, 1.82) is 0 Å². The first kappa shape index (κ1) is 26.7. The number of H-pyrrole nitrogens is 1. The van der Waals surface area contributed by atoms with E-state index in [0.29, 0.717) is 39.2 Å². The van der Waals surface area contributed by atoms with E-state index in [1.165, 1.54) is 24.2 Å². The Balaban J connectivity index is 1.38. The molecule has 204 valence electrons. The molecule has 0 saturated carbocycles. The van der Waals surface area contributed by atoms with Crippen molar-refractivity contribution in [3.8, 4) is 28.1 Å². The number of rotatable bonds is 9. The number of carbonyl (C=O) groups is 1. The molecule has 14 heteroatoms. The van der Waals surface area contributed by atoms with Crippen LogP contribution in [0.3, 0.4) is 0 Å². The highest BCUT2D eigenvalue weighted by atomic mass is 35.5. The Labute approximate surface area is 232 Å². The predicted molar refractivity (Wildman–Crippen MR) is 147 cm³/mol. The van der Waals surface area contributed by atoms with Gasteiger partial charge in [0.05, 0.1) is 37.3 Å². The predicted octanol–water partition coefficient (Wildman–Crippen LogP) is 3.42. The van der Waals surface area contributed by atoms with Gasteiger partial charge in [0.25, 0.3) is 5.56 Å². The number of anilines is 1. The van der Waals surface area contributed by atoms with Crippen molar-refractivity contribution in [3.63, 3.8) is 0 Å². The summed E-state index contributed by atoms with van der Waals surface area (Å²) < 4.78 is 8.09. The van der Waals surface area contributed by atoms with E-state index in [1.54, 1.807) is 47.3 Å². The Bertz CT molecular complexity index is 1700. The second kappa shape index (κ2) is 11.5. The molecule has 0 bridgehead atoms. The summed E-state index contributed by atoms with van der Waals surface area (Å²) in [5.74, 6) is 0.861. The second-order valence-electron chi connectivity index (χ2n) is 8.80. The molecule has 40 heavy (non-hydrogen) atoms. The highest BCUT2D eigenvalue weighted by Crippen LogP contribution is 2.29. The zero-order valence-corrected chi connectivity index (χ0v) is 22.3. The maximum atomic E-state index is 13.2. The lowest BCUT2D eigenvalue weighted by Crippen LogP contribution is -2.33. The number of halogens is 1. The second-order valence-corrected chi connectivity index (χ2v) is 9.24. The van der Waals surface area contributed by atoms with E-state index >= 15 is 0 Å². The Hall–Kier alpha value is -4.88. The zero-order valence-electron chi connectivity index (χ0n) is 21.5. The van der Waals surface area contributed by atoms with E-state index in [4.69, 9.17) is 16.3 Å². The van der Waals surface area contributed by atoms with Gasteiger partial charge in [-0.2, -0.15) is 4.68 Å². The van der Waals surface area contributed by atoms with Crippen molar-refractivity contribution in [3.05, 3.63) is 88.1 Å². The summed E-state index contributed by atoms with van der Waals surface area (Å²) >= 11 is 6.26.